The first-order valence-electron chi connectivity index (χ1n) is 8.85. The van der Waals surface area contributed by atoms with E-state index in [-0.39, 0.29) is 11.3 Å². The van der Waals surface area contributed by atoms with Crippen LogP contribution in [0.15, 0.2) is 41.1 Å². The first-order chi connectivity index (χ1) is 13.7. The molecule has 0 aliphatic heterocycles. The lowest BCUT2D eigenvalue weighted by Crippen LogP contribution is -2.16. The van der Waals surface area contributed by atoms with Crippen molar-refractivity contribution in [2.45, 2.75) is 26.2 Å². The number of hydrogen-bond donors (Lipinski definition) is 1. The molecule has 0 atom stereocenters. The molecule has 3 aromatic rings. The van der Waals surface area contributed by atoms with Crippen molar-refractivity contribution in [3.05, 3.63) is 52.4 Å². The molecule has 0 aliphatic rings. The summed E-state index contributed by atoms with van der Waals surface area (Å²) >= 11 is 3.41. The Morgan fingerprint density at radius 1 is 1.07 bits per heavy atom. The lowest BCUT2D eigenvalue weighted by Gasteiger charge is -2.13. The van der Waals surface area contributed by atoms with Crippen LogP contribution in [-0.4, -0.2) is 39.9 Å². The van der Waals surface area contributed by atoms with Crippen molar-refractivity contribution in [2.24, 2.45) is 0 Å². The van der Waals surface area contributed by atoms with Crippen LogP contribution in [0.4, 0.5) is 5.82 Å². The number of rotatable bonds is 5. The predicted octanol–water partition coefficient (Wildman–Crippen LogP) is 3.99. The van der Waals surface area contributed by atoms with Crippen molar-refractivity contribution in [2.75, 3.05) is 19.5 Å². The number of hydrogen-bond acceptors (Lipinski definition) is 6. The first-order valence-corrected chi connectivity index (χ1v) is 9.64. The van der Waals surface area contributed by atoms with Crippen LogP contribution < -0.4 is 14.8 Å². The third-order valence-corrected chi connectivity index (χ3v) is 4.95. The lowest BCUT2D eigenvalue weighted by molar-refractivity contribution is 0.102. The van der Waals surface area contributed by atoms with Crippen molar-refractivity contribution in [3.63, 3.8) is 0 Å². The molecule has 0 saturated heterocycles. The summed E-state index contributed by atoms with van der Waals surface area (Å²) in [6, 6.07) is 6.80. The molecule has 0 bridgehead atoms. The molecule has 0 spiro atoms. The van der Waals surface area contributed by atoms with Gasteiger partial charge in [-0.3, -0.25) is 4.79 Å². The molecule has 1 N–H and O–H groups in total. The van der Waals surface area contributed by atoms with Crippen molar-refractivity contribution in [1.29, 1.82) is 0 Å². The van der Waals surface area contributed by atoms with E-state index in [2.05, 4.69) is 36.3 Å². The third kappa shape index (κ3) is 4.40. The van der Waals surface area contributed by atoms with E-state index in [9.17, 15) is 4.79 Å². The van der Waals surface area contributed by atoms with Crippen LogP contribution >= 0.6 is 15.9 Å². The number of anilines is 1. The van der Waals surface area contributed by atoms with Gasteiger partial charge in [0.1, 0.15) is 21.8 Å². The number of nitrogens with one attached hydrogen (secondary N) is 1. The Kier molecular flexibility index (Phi) is 5.88. The number of carbonyl (C=O) groups excluding carboxylic acids is 1. The van der Waals surface area contributed by atoms with Crippen molar-refractivity contribution >= 4 is 27.7 Å². The number of aromatic nitrogens is 4. The molecule has 0 radical (unpaired) electrons. The zero-order valence-electron chi connectivity index (χ0n) is 16.9. The van der Waals surface area contributed by atoms with Crippen LogP contribution in [0.2, 0.25) is 0 Å². The van der Waals surface area contributed by atoms with Crippen LogP contribution in [0.25, 0.3) is 5.95 Å². The Bertz CT molecular complexity index is 1000. The van der Waals surface area contributed by atoms with E-state index in [0.717, 1.165) is 5.69 Å². The molecule has 8 nitrogen and oxygen atoms in total. The van der Waals surface area contributed by atoms with Gasteiger partial charge in [-0.15, -0.1) is 0 Å². The summed E-state index contributed by atoms with van der Waals surface area (Å²) < 4.78 is 12.8. The maximum absolute atomic E-state index is 13.0. The van der Waals surface area contributed by atoms with Gasteiger partial charge in [0.2, 0.25) is 0 Å². The molecular weight excluding hydrogens is 438 g/mol. The summed E-state index contributed by atoms with van der Waals surface area (Å²) in [4.78, 5) is 21.5. The summed E-state index contributed by atoms with van der Waals surface area (Å²) in [6.07, 6.45) is 3.24. The van der Waals surface area contributed by atoms with Gasteiger partial charge in [-0.25, -0.2) is 9.97 Å². The maximum atomic E-state index is 13.0. The summed E-state index contributed by atoms with van der Waals surface area (Å²) in [5.74, 6) is 1.47. The van der Waals surface area contributed by atoms with Crippen molar-refractivity contribution in [3.8, 4) is 17.4 Å². The van der Waals surface area contributed by atoms with Gasteiger partial charge in [0.05, 0.1) is 19.9 Å². The monoisotopic (exact) mass is 459 g/mol. The SMILES string of the molecule is COc1cc(C(=O)Nc2cc(C(C)(C)C)nn2-c2ncccn2)cc(OC)c1Br. The Morgan fingerprint density at radius 2 is 1.66 bits per heavy atom. The minimum Gasteiger partial charge on any atom is -0.495 e. The van der Waals surface area contributed by atoms with Gasteiger partial charge in [0.25, 0.3) is 11.9 Å². The number of halogens is 1. The van der Waals surface area contributed by atoms with Crippen molar-refractivity contribution in [1.82, 2.24) is 19.7 Å². The molecule has 9 heteroatoms. The van der Waals surface area contributed by atoms with Gasteiger partial charge in [-0.05, 0) is 34.1 Å². The number of nitrogens with zero attached hydrogens (tertiary/aromatic N) is 4. The first kappa shape index (κ1) is 20.8. The average Bonchev–Trinajstić information content (AvgIpc) is 3.13. The standard InChI is InChI=1S/C20H22BrN5O3/c1-20(2,3)15-11-16(26(25-15)19-22-7-6-8-23-19)24-18(27)12-9-13(28-4)17(21)14(10-12)29-5/h6-11H,1-5H3,(H,24,27). The van der Waals surface area contributed by atoms with E-state index in [1.54, 1.807) is 30.6 Å². The zero-order valence-corrected chi connectivity index (χ0v) is 18.4. The van der Waals surface area contributed by atoms with E-state index in [1.165, 1.54) is 18.9 Å². The number of ether oxygens (including phenoxy) is 2. The van der Waals surface area contributed by atoms with Crippen LogP contribution in [0.3, 0.4) is 0 Å². The Labute approximate surface area is 177 Å². The quantitative estimate of drug-likeness (QED) is 0.619. The van der Waals surface area contributed by atoms with Crippen molar-refractivity contribution < 1.29 is 14.3 Å². The fourth-order valence-electron chi connectivity index (χ4n) is 2.58. The molecule has 2 aromatic heterocycles. The fraction of sp³-hybridized carbons (Fsp3) is 0.300. The minimum absolute atomic E-state index is 0.219. The van der Waals surface area contributed by atoms with Crippen LogP contribution in [0.1, 0.15) is 36.8 Å². The van der Waals surface area contributed by atoms with E-state index in [4.69, 9.17) is 9.47 Å². The summed E-state index contributed by atoms with van der Waals surface area (Å²) in [7, 11) is 3.05. The molecule has 1 aromatic carbocycles. The van der Waals surface area contributed by atoms with Crippen LogP contribution in [0.5, 0.6) is 11.5 Å². The van der Waals surface area contributed by atoms with E-state index in [1.807, 2.05) is 26.8 Å². The second-order valence-electron chi connectivity index (χ2n) is 7.27. The highest BCUT2D eigenvalue weighted by Crippen LogP contribution is 2.36. The van der Waals surface area contributed by atoms with Gasteiger partial charge >= 0.3 is 0 Å². The maximum Gasteiger partial charge on any atom is 0.257 e. The van der Waals surface area contributed by atoms with E-state index < -0.39 is 0 Å². The average molecular weight is 460 g/mol. The zero-order chi connectivity index (χ0) is 21.2. The highest BCUT2D eigenvalue weighted by atomic mass is 79.9. The molecule has 29 heavy (non-hydrogen) atoms. The predicted molar refractivity (Wildman–Crippen MR) is 113 cm³/mol. The lowest BCUT2D eigenvalue weighted by atomic mass is 9.92. The molecule has 0 unspecified atom stereocenters. The van der Waals surface area contributed by atoms with Gasteiger partial charge in [-0.1, -0.05) is 20.8 Å². The topological polar surface area (TPSA) is 91.2 Å². The number of amides is 1. The summed E-state index contributed by atoms with van der Waals surface area (Å²) in [6.45, 7) is 6.13. The Hall–Kier alpha value is -2.94. The molecule has 1 amide bonds. The second kappa shape index (κ2) is 8.20. The normalized spacial score (nSPS) is 11.2. The number of methoxy groups -OCH3 is 2. The van der Waals surface area contributed by atoms with Gasteiger partial charge < -0.3 is 14.8 Å². The van der Waals surface area contributed by atoms with Gasteiger partial charge in [-0.2, -0.15) is 9.78 Å². The number of carbonyl (C=O) groups is 1. The summed E-state index contributed by atoms with van der Waals surface area (Å²) in [5.41, 5.74) is 0.955. The fourth-order valence-corrected chi connectivity index (χ4v) is 3.13. The molecule has 3 rings (SSSR count). The summed E-state index contributed by atoms with van der Waals surface area (Å²) in [5, 5.41) is 7.50. The number of benzene rings is 1. The van der Waals surface area contributed by atoms with E-state index in [0.29, 0.717) is 33.3 Å². The Balaban J connectivity index is 2.02. The molecule has 152 valence electrons. The molecule has 2 heterocycles. The second-order valence-corrected chi connectivity index (χ2v) is 8.07. The van der Waals surface area contributed by atoms with E-state index >= 15 is 0 Å². The van der Waals surface area contributed by atoms with Gasteiger partial charge in [0, 0.05) is 29.4 Å². The highest BCUT2D eigenvalue weighted by Gasteiger charge is 2.23. The molecule has 0 fully saturated rings. The highest BCUT2D eigenvalue weighted by molar-refractivity contribution is 9.10. The smallest absolute Gasteiger partial charge is 0.257 e. The molecular formula is C20H22BrN5O3. The molecule has 0 saturated carbocycles. The van der Waals surface area contributed by atoms with Gasteiger partial charge in [0.15, 0.2) is 0 Å². The third-order valence-electron chi connectivity index (χ3n) is 4.17. The minimum atomic E-state index is -0.341. The largest absolute Gasteiger partial charge is 0.495 e. The van der Waals surface area contributed by atoms with Crippen LogP contribution in [-0.2, 0) is 5.41 Å². The molecule has 0 aliphatic carbocycles. The Morgan fingerprint density at radius 3 is 2.17 bits per heavy atom. The van der Waals surface area contributed by atoms with Crippen LogP contribution in [0, 0.1) is 0 Å².